The van der Waals surface area contributed by atoms with Gasteiger partial charge in [0.25, 0.3) is 0 Å². The van der Waals surface area contributed by atoms with Crippen LogP contribution in [0.1, 0.15) is 6.92 Å². The van der Waals surface area contributed by atoms with Gasteiger partial charge in [-0.1, -0.05) is 30.9 Å². The molecule has 0 atom stereocenters. The summed E-state index contributed by atoms with van der Waals surface area (Å²) >= 11 is 0. The molecule has 0 saturated carbocycles. The monoisotopic (exact) mass is 174 g/mol. The lowest BCUT2D eigenvalue weighted by molar-refractivity contribution is -0.131. The van der Waals surface area contributed by atoms with Crippen LogP contribution in [0.5, 0.6) is 0 Å². The van der Waals surface area contributed by atoms with Crippen molar-refractivity contribution in [3.8, 4) is 0 Å². The van der Waals surface area contributed by atoms with E-state index in [9.17, 15) is 9.59 Å². The van der Waals surface area contributed by atoms with Crippen LogP contribution in [-0.2, 0) is 9.59 Å². The molecule has 0 amide bonds. The molecule has 0 aromatic rings. The second-order valence-corrected chi connectivity index (χ2v) is 2.72. The first-order valence-corrected chi connectivity index (χ1v) is 3.93. The second-order valence-electron chi connectivity index (χ2n) is 2.72. The minimum absolute atomic E-state index is 0.446. The van der Waals surface area contributed by atoms with Crippen LogP contribution < -0.4 is 0 Å². The van der Waals surface area contributed by atoms with Gasteiger partial charge in [0.05, 0.1) is 0 Å². The normalized spacial score (nSPS) is 17.3. The SMILES string of the molecule is C=C/C=C\C1=C(C)C=CC(=O)C1=O. The van der Waals surface area contributed by atoms with Crippen LogP contribution in [0.25, 0.3) is 0 Å². The average molecular weight is 174 g/mol. The van der Waals surface area contributed by atoms with Gasteiger partial charge in [-0.05, 0) is 18.6 Å². The third kappa shape index (κ3) is 1.90. The number of rotatable bonds is 2. The van der Waals surface area contributed by atoms with E-state index in [1.165, 1.54) is 6.08 Å². The molecule has 0 fully saturated rings. The van der Waals surface area contributed by atoms with Crippen molar-refractivity contribution in [1.29, 1.82) is 0 Å². The van der Waals surface area contributed by atoms with Crippen LogP contribution in [0.2, 0.25) is 0 Å². The van der Waals surface area contributed by atoms with E-state index in [4.69, 9.17) is 0 Å². The van der Waals surface area contributed by atoms with E-state index in [0.717, 1.165) is 5.57 Å². The summed E-state index contributed by atoms with van der Waals surface area (Å²) in [5, 5.41) is 0. The Bertz CT molecular complexity index is 354. The lowest BCUT2D eigenvalue weighted by Gasteiger charge is -2.06. The molecule has 0 aromatic carbocycles. The Balaban J connectivity index is 3.09. The Morgan fingerprint density at radius 1 is 1.31 bits per heavy atom. The number of hydrogen-bond acceptors (Lipinski definition) is 2. The molecule has 2 nitrogen and oxygen atoms in total. The molecule has 0 radical (unpaired) electrons. The lowest BCUT2D eigenvalue weighted by atomic mass is 9.96. The summed E-state index contributed by atoms with van der Waals surface area (Å²) in [7, 11) is 0. The highest BCUT2D eigenvalue weighted by molar-refractivity contribution is 6.49. The summed E-state index contributed by atoms with van der Waals surface area (Å²) in [6.45, 7) is 5.29. The van der Waals surface area contributed by atoms with E-state index in [1.807, 2.05) is 0 Å². The van der Waals surface area contributed by atoms with Crippen molar-refractivity contribution in [1.82, 2.24) is 0 Å². The van der Waals surface area contributed by atoms with Gasteiger partial charge in [0.15, 0.2) is 0 Å². The van der Waals surface area contributed by atoms with Gasteiger partial charge in [-0.15, -0.1) is 0 Å². The fourth-order valence-electron chi connectivity index (χ4n) is 1.05. The van der Waals surface area contributed by atoms with Crippen molar-refractivity contribution in [3.05, 3.63) is 48.1 Å². The van der Waals surface area contributed by atoms with Gasteiger partial charge in [-0.3, -0.25) is 9.59 Å². The number of hydrogen-bond donors (Lipinski definition) is 0. The van der Waals surface area contributed by atoms with E-state index in [2.05, 4.69) is 6.58 Å². The van der Waals surface area contributed by atoms with Crippen molar-refractivity contribution < 1.29 is 9.59 Å². The zero-order valence-electron chi connectivity index (χ0n) is 7.41. The Morgan fingerprint density at radius 2 is 2.00 bits per heavy atom. The minimum atomic E-state index is -0.464. The molecule has 1 rings (SSSR count). The zero-order valence-corrected chi connectivity index (χ0v) is 7.41. The summed E-state index contributed by atoms with van der Waals surface area (Å²) in [5.74, 6) is -0.910. The smallest absolute Gasteiger partial charge is 0.233 e. The number of allylic oxidation sites excluding steroid dienone is 7. The van der Waals surface area contributed by atoms with Crippen LogP contribution in [0.15, 0.2) is 48.1 Å². The van der Waals surface area contributed by atoms with Crippen LogP contribution in [0.4, 0.5) is 0 Å². The van der Waals surface area contributed by atoms with Crippen LogP contribution in [-0.4, -0.2) is 11.6 Å². The molecule has 0 saturated heterocycles. The van der Waals surface area contributed by atoms with Crippen molar-refractivity contribution in [2.75, 3.05) is 0 Å². The van der Waals surface area contributed by atoms with Gasteiger partial charge in [-0.25, -0.2) is 0 Å². The number of carbonyl (C=O) groups excluding carboxylic acids is 2. The molecule has 2 heteroatoms. The Labute approximate surface area is 76.9 Å². The largest absolute Gasteiger partial charge is 0.286 e. The van der Waals surface area contributed by atoms with Gasteiger partial charge in [0, 0.05) is 5.57 Å². The zero-order chi connectivity index (χ0) is 9.84. The highest BCUT2D eigenvalue weighted by atomic mass is 16.2. The van der Waals surface area contributed by atoms with Crippen LogP contribution in [0, 0.1) is 0 Å². The summed E-state index contributed by atoms with van der Waals surface area (Å²) in [6.07, 6.45) is 7.75. The highest BCUT2D eigenvalue weighted by Gasteiger charge is 2.19. The second kappa shape index (κ2) is 3.81. The highest BCUT2D eigenvalue weighted by Crippen LogP contribution is 2.14. The third-order valence-corrected chi connectivity index (χ3v) is 1.78. The molecule has 1 aliphatic carbocycles. The quantitative estimate of drug-likeness (QED) is 0.363. The molecule has 0 N–H and O–H groups in total. The maximum atomic E-state index is 11.3. The van der Waals surface area contributed by atoms with Crippen LogP contribution >= 0.6 is 0 Å². The molecule has 13 heavy (non-hydrogen) atoms. The van der Waals surface area contributed by atoms with Gasteiger partial charge < -0.3 is 0 Å². The number of Topliss-reactive ketones (excluding diaryl/α,β-unsaturated/α-hetero) is 1. The Hall–Kier alpha value is -1.70. The molecule has 0 aliphatic heterocycles. The molecule has 0 heterocycles. The topological polar surface area (TPSA) is 34.1 Å². The van der Waals surface area contributed by atoms with E-state index < -0.39 is 11.6 Å². The predicted molar refractivity (Wildman–Crippen MR) is 51.2 cm³/mol. The van der Waals surface area contributed by atoms with Crippen molar-refractivity contribution in [3.63, 3.8) is 0 Å². The molecule has 1 aliphatic rings. The van der Waals surface area contributed by atoms with Gasteiger partial charge >= 0.3 is 0 Å². The predicted octanol–water partition coefficient (Wildman–Crippen LogP) is 1.75. The molecular weight excluding hydrogens is 164 g/mol. The fraction of sp³-hybridized carbons (Fsp3) is 0.0909. The van der Waals surface area contributed by atoms with Gasteiger partial charge in [-0.2, -0.15) is 0 Å². The summed E-state index contributed by atoms with van der Waals surface area (Å²) in [5.41, 5.74) is 1.26. The van der Waals surface area contributed by atoms with E-state index in [1.54, 1.807) is 31.2 Å². The van der Waals surface area contributed by atoms with Crippen molar-refractivity contribution in [2.24, 2.45) is 0 Å². The van der Waals surface area contributed by atoms with Gasteiger partial charge in [0.1, 0.15) is 0 Å². The molecule has 0 spiro atoms. The fourth-order valence-corrected chi connectivity index (χ4v) is 1.05. The van der Waals surface area contributed by atoms with Gasteiger partial charge in [0.2, 0.25) is 11.6 Å². The molecule has 66 valence electrons. The minimum Gasteiger partial charge on any atom is -0.286 e. The summed E-state index contributed by atoms with van der Waals surface area (Å²) in [6, 6.07) is 0. The van der Waals surface area contributed by atoms with E-state index in [0.29, 0.717) is 5.57 Å². The first-order chi connectivity index (χ1) is 6.16. The number of ketones is 2. The summed E-state index contributed by atoms with van der Waals surface area (Å²) < 4.78 is 0. The molecular formula is C11H10O2. The Morgan fingerprint density at radius 3 is 2.62 bits per heavy atom. The average Bonchev–Trinajstić information content (AvgIpc) is 2.12. The number of carbonyl (C=O) groups is 2. The maximum absolute atomic E-state index is 11.3. The van der Waals surface area contributed by atoms with E-state index >= 15 is 0 Å². The Kier molecular flexibility index (Phi) is 2.75. The first-order valence-electron chi connectivity index (χ1n) is 3.93. The molecule has 0 aromatic heterocycles. The van der Waals surface area contributed by atoms with Crippen molar-refractivity contribution >= 4 is 11.6 Å². The van der Waals surface area contributed by atoms with Crippen molar-refractivity contribution in [2.45, 2.75) is 6.92 Å². The maximum Gasteiger partial charge on any atom is 0.233 e. The standard InChI is InChI=1S/C11H10O2/c1-3-4-5-9-8(2)6-7-10(12)11(9)13/h3-7H,1H2,2H3/b5-4-. The lowest BCUT2D eigenvalue weighted by Crippen LogP contribution is -2.16. The summed E-state index contributed by atoms with van der Waals surface area (Å²) in [4.78, 5) is 22.3. The van der Waals surface area contributed by atoms with Crippen LogP contribution in [0.3, 0.4) is 0 Å². The molecule has 0 bridgehead atoms. The third-order valence-electron chi connectivity index (χ3n) is 1.78. The first kappa shape index (κ1) is 9.39. The van der Waals surface area contributed by atoms with E-state index in [-0.39, 0.29) is 0 Å². The molecule has 0 unspecified atom stereocenters.